The van der Waals surface area contributed by atoms with Crippen LogP contribution in [-0.2, 0) is 17.8 Å². The number of aromatic nitrogens is 4. The van der Waals surface area contributed by atoms with E-state index in [4.69, 9.17) is 0 Å². The van der Waals surface area contributed by atoms with Crippen molar-refractivity contribution in [2.75, 3.05) is 12.3 Å². The number of rotatable bonds is 8. The van der Waals surface area contributed by atoms with Crippen molar-refractivity contribution in [2.45, 2.75) is 25.0 Å². The van der Waals surface area contributed by atoms with Crippen LogP contribution in [0.5, 0.6) is 0 Å². The van der Waals surface area contributed by atoms with Crippen LogP contribution in [0.2, 0.25) is 0 Å². The average Bonchev–Trinajstić information content (AvgIpc) is 3.11. The number of nitrogens with one attached hydrogen (secondary N) is 1. The highest BCUT2D eigenvalue weighted by Crippen LogP contribution is 2.23. The lowest BCUT2D eigenvalue weighted by atomic mass is 10.1. The fourth-order valence-electron chi connectivity index (χ4n) is 2.56. The first-order valence-electron chi connectivity index (χ1n) is 8.55. The second-order valence-corrected chi connectivity index (χ2v) is 6.61. The van der Waals surface area contributed by atoms with Gasteiger partial charge in [-0.1, -0.05) is 42.1 Å². The number of hydrogen-bond donors (Lipinski definition) is 1. The first-order valence-corrected chi connectivity index (χ1v) is 9.53. The van der Waals surface area contributed by atoms with Crippen LogP contribution in [-0.4, -0.2) is 38.0 Å². The number of benzene rings is 1. The fourth-order valence-corrected chi connectivity index (χ4v) is 3.39. The van der Waals surface area contributed by atoms with Crippen molar-refractivity contribution in [3.05, 3.63) is 60.4 Å². The number of carbonyl (C=O) groups excluding carboxylic acids is 1. The molecule has 1 amide bonds. The van der Waals surface area contributed by atoms with Gasteiger partial charge in [-0.15, -0.1) is 10.2 Å². The first kappa shape index (κ1) is 18.1. The van der Waals surface area contributed by atoms with Crippen LogP contribution in [0.1, 0.15) is 12.5 Å². The highest BCUT2D eigenvalue weighted by molar-refractivity contribution is 7.99. The molecule has 3 rings (SSSR count). The number of hydrogen-bond acceptors (Lipinski definition) is 5. The second-order valence-electron chi connectivity index (χ2n) is 5.67. The number of nitrogens with zero attached hydrogens (tertiary/aromatic N) is 4. The normalized spacial score (nSPS) is 10.7. The van der Waals surface area contributed by atoms with Crippen molar-refractivity contribution in [3.63, 3.8) is 0 Å². The maximum atomic E-state index is 12.1. The largest absolute Gasteiger partial charge is 0.355 e. The minimum Gasteiger partial charge on any atom is -0.355 e. The van der Waals surface area contributed by atoms with Crippen LogP contribution >= 0.6 is 11.8 Å². The molecule has 7 heteroatoms. The maximum absolute atomic E-state index is 12.1. The Bertz CT molecular complexity index is 836. The van der Waals surface area contributed by atoms with Gasteiger partial charge in [0.25, 0.3) is 0 Å². The van der Waals surface area contributed by atoms with Gasteiger partial charge in [-0.2, -0.15) is 0 Å². The van der Waals surface area contributed by atoms with Gasteiger partial charge in [0.05, 0.1) is 5.75 Å². The Morgan fingerprint density at radius 3 is 2.73 bits per heavy atom. The van der Waals surface area contributed by atoms with Crippen LogP contribution in [0.15, 0.2) is 60.0 Å². The zero-order valence-corrected chi connectivity index (χ0v) is 15.4. The molecular formula is C19H21N5OS. The van der Waals surface area contributed by atoms with Gasteiger partial charge >= 0.3 is 0 Å². The Labute approximate surface area is 157 Å². The molecule has 0 saturated heterocycles. The van der Waals surface area contributed by atoms with Gasteiger partial charge in [-0.3, -0.25) is 9.78 Å². The molecule has 2 aromatic heterocycles. The lowest BCUT2D eigenvalue weighted by Gasteiger charge is -2.08. The van der Waals surface area contributed by atoms with Crippen LogP contribution in [0, 0.1) is 0 Å². The predicted molar refractivity (Wildman–Crippen MR) is 103 cm³/mol. The monoisotopic (exact) mass is 367 g/mol. The van der Waals surface area contributed by atoms with Crippen LogP contribution in [0.25, 0.3) is 11.4 Å². The van der Waals surface area contributed by atoms with Crippen molar-refractivity contribution < 1.29 is 4.79 Å². The van der Waals surface area contributed by atoms with Crippen LogP contribution < -0.4 is 5.32 Å². The number of carbonyl (C=O) groups is 1. The van der Waals surface area contributed by atoms with Crippen molar-refractivity contribution in [3.8, 4) is 11.4 Å². The summed E-state index contributed by atoms with van der Waals surface area (Å²) in [6, 6.07) is 13.9. The number of pyridine rings is 1. The molecule has 0 unspecified atom stereocenters. The minimum atomic E-state index is -0.000452. The molecule has 0 saturated carbocycles. The quantitative estimate of drug-likeness (QED) is 0.620. The Balaban J connectivity index is 1.53. The molecule has 0 atom stereocenters. The predicted octanol–water partition coefficient (Wildman–Crippen LogP) is 2.81. The summed E-state index contributed by atoms with van der Waals surface area (Å²) in [7, 11) is 0. The molecule has 1 aromatic carbocycles. The van der Waals surface area contributed by atoms with Gasteiger partial charge in [0, 0.05) is 31.0 Å². The number of thioether (sulfide) groups is 1. The molecule has 0 aliphatic rings. The van der Waals surface area contributed by atoms with Gasteiger partial charge in [-0.05, 0) is 31.0 Å². The summed E-state index contributed by atoms with van der Waals surface area (Å²) < 4.78 is 2.00. The first-order chi connectivity index (χ1) is 12.8. The van der Waals surface area contributed by atoms with E-state index in [9.17, 15) is 4.79 Å². The third-order valence-corrected chi connectivity index (χ3v) is 4.83. The van der Waals surface area contributed by atoms with E-state index >= 15 is 0 Å². The average molecular weight is 367 g/mol. The molecule has 26 heavy (non-hydrogen) atoms. The van der Waals surface area contributed by atoms with E-state index in [1.165, 1.54) is 17.3 Å². The van der Waals surface area contributed by atoms with Crippen molar-refractivity contribution in [2.24, 2.45) is 0 Å². The Kier molecular flexibility index (Phi) is 6.38. The Morgan fingerprint density at radius 1 is 1.15 bits per heavy atom. The molecule has 0 aliphatic heterocycles. The van der Waals surface area contributed by atoms with E-state index in [1.54, 1.807) is 12.4 Å². The molecule has 0 aliphatic carbocycles. The summed E-state index contributed by atoms with van der Waals surface area (Å²) in [6.45, 7) is 3.40. The van der Waals surface area contributed by atoms with Gasteiger partial charge in [0.15, 0.2) is 11.0 Å². The highest BCUT2D eigenvalue weighted by atomic mass is 32.2. The standard InChI is InChI=1S/C19H21N5OS/c1-2-24-18(16-9-6-11-20-13-16)22-23-19(24)26-14-17(25)21-12-10-15-7-4-3-5-8-15/h3-9,11,13H,2,10,12,14H2,1H3,(H,21,25). The van der Waals surface area contributed by atoms with E-state index in [1.807, 2.05) is 41.8 Å². The number of amides is 1. The van der Waals surface area contributed by atoms with Crippen molar-refractivity contribution in [1.29, 1.82) is 0 Å². The zero-order chi connectivity index (χ0) is 18.2. The minimum absolute atomic E-state index is 0.000452. The third-order valence-electron chi connectivity index (χ3n) is 3.86. The van der Waals surface area contributed by atoms with Gasteiger partial charge in [0.2, 0.25) is 5.91 Å². The van der Waals surface area contributed by atoms with Crippen LogP contribution in [0.4, 0.5) is 0 Å². The van der Waals surface area contributed by atoms with Crippen molar-refractivity contribution in [1.82, 2.24) is 25.1 Å². The lowest BCUT2D eigenvalue weighted by Crippen LogP contribution is -2.27. The van der Waals surface area contributed by atoms with Gasteiger partial charge < -0.3 is 9.88 Å². The van der Waals surface area contributed by atoms with E-state index in [-0.39, 0.29) is 5.91 Å². The SMILES string of the molecule is CCn1c(SCC(=O)NCCc2ccccc2)nnc1-c1cccnc1. The summed E-state index contributed by atoms with van der Waals surface area (Å²) in [5, 5.41) is 12.2. The molecule has 3 aromatic rings. The molecule has 0 spiro atoms. The van der Waals surface area contributed by atoms with E-state index in [2.05, 4.69) is 32.6 Å². The molecular weight excluding hydrogens is 346 g/mol. The molecule has 0 fully saturated rings. The lowest BCUT2D eigenvalue weighted by molar-refractivity contribution is -0.118. The fraction of sp³-hybridized carbons (Fsp3) is 0.263. The smallest absolute Gasteiger partial charge is 0.230 e. The second kappa shape index (κ2) is 9.15. The molecule has 134 valence electrons. The summed E-state index contributed by atoms with van der Waals surface area (Å²) >= 11 is 1.40. The Hall–Kier alpha value is -2.67. The van der Waals surface area contributed by atoms with E-state index < -0.39 is 0 Å². The maximum Gasteiger partial charge on any atom is 0.230 e. The molecule has 0 bridgehead atoms. The summed E-state index contributed by atoms with van der Waals surface area (Å²) in [4.78, 5) is 16.2. The van der Waals surface area contributed by atoms with E-state index in [0.717, 1.165) is 29.5 Å². The summed E-state index contributed by atoms with van der Waals surface area (Å²) in [5.41, 5.74) is 2.13. The molecule has 6 nitrogen and oxygen atoms in total. The van der Waals surface area contributed by atoms with Gasteiger partial charge in [0.1, 0.15) is 0 Å². The topological polar surface area (TPSA) is 72.7 Å². The summed E-state index contributed by atoms with van der Waals surface area (Å²) in [6.07, 6.45) is 4.32. The van der Waals surface area contributed by atoms with Gasteiger partial charge in [-0.25, -0.2) is 0 Å². The van der Waals surface area contributed by atoms with Crippen LogP contribution in [0.3, 0.4) is 0 Å². The summed E-state index contributed by atoms with van der Waals surface area (Å²) in [5.74, 6) is 1.09. The third kappa shape index (κ3) is 4.70. The van der Waals surface area contributed by atoms with Crippen molar-refractivity contribution >= 4 is 17.7 Å². The molecule has 1 N–H and O–H groups in total. The zero-order valence-electron chi connectivity index (χ0n) is 14.6. The Morgan fingerprint density at radius 2 is 2.00 bits per heavy atom. The molecule has 0 radical (unpaired) electrons. The van der Waals surface area contributed by atoms with E-state index in [0.29, 0.717) is 12.3 Å². The highest BCUT2D eigenvalue weighted by Gasteiger charge is 2.14. The molecule has 2 heterocycles.